The molecule has 1 heterocycles. The Kier molecular flexibility index (Phi) is 3.89. The van der Waals surface area contributed by atoms with Gasteiger partial charge in [-0.15, -0.1) is 0 Å². The third-order valence-corrected chi connectivity index (χ3v) is 3.02. The molecule has 0 amide bonds. The first-order valence-corrected chi connectivity index (χ1v) is 5.77. The van der Waals surface area contributed by atoms with Crippen LogP contribution in [0.2, 0.25) is 5.02 Å². The molecule has 0 bridgehead atoms. The largest absolute Gasteiger partial charge is 0.303 e. The van der Waals surface area contributed by atoms with E-state index in [-0.39, 0.29) is 5.92 Å². The summed E-state index contributed by atoms with van der Waals surface area (Å²) in [6, 6.07) is 11.3. The Bertz CT molecular complexity index is 499. The standard InChI is InChI=1S/C14H12ClNO/c15-14-4-2-1-3-13(14)12(10-17)9-11-5-7-16-8-6-11/h1-8,10,12H,9H2. The molecule has 2 rings (SSSR count). The second-order valence-corrected chi connectivity index (χ2v) is 4.23. The summed E-state index contributed by atoms with van der Waals surface area (Å²) in [5.74, 6) is -0.203. The van der Waals surface area contributed by atoms with E-state index in [2.05, 4.69) is 4.98 Å². The highest BCUT2D eigenvalue weighted by molar-refractivity contribution is 6.31. The third kappa shape index (κ3) is 2.92. The normalized spacial score (nSPS) is 12.1. The number of aromatic nitrogens is 1. The molecule has 0 saturated heterocycles. The number of halogens is 1. The number of carbonyl (C=O) groups is 1. The summed E-state index contributed by atoms with van der Waals surface area (Å²) in [6.07, 6.45) is 5.05. The fraction of sp³-hybridized carbons (Fsp3) is 0.143. The lowest BCUT2D eigenvalue weighted by Crippen LogP contribution is -2.05. The fourth-order valence-electron chi connectivity index (χ4n) is 1.78. The van der Waals surface area contributed by atoms with Gasteiger partial charge in [-0.1, -0.05) is 29.8 Å². The van der Waals surface area contributed by atoms with Gasteiger partial charge in [0.2, 0.25) is 0 Å². The molecule has 1 atom stereocenters. The van der Waals surface area contributed by atoms with Gasteiger partial charge in [0.05, 0.1) is 0 Å². The smallest absolute Gasteiger partial charge is 0.127 e. The highest BCUT2D eigenvalue weighted by Gasteiger charge is 2.13. The second kappa shape index (κ2) is 5.60. The van der Waals surface area contributed by atoms with Gasteiger partial charge in [-0.3, -0.25) is 4.98 Å². The zero-order valence-electron chi connectivity index (χ0n) is 9.21. The van der Waals surface area contributed by atoms with Crippen LogP contribution in [0.3, 0.4) is 0 Å². The Hall–Kier alpha value is -1.67. The lowest BCUT2D eigenvalue weighted by molar-refractivity contribution is -0.109. The summed E-state index contributed by atoms with van der Waals surface area (Å²) in [5, 5.41) is 0.638. The predicted molar refractivity (Wildman–Crippen MR) is 68.2 cm³/mol. The summed E-state index contributed by atoms with van der Waals surface area (Å²) in [4.78, 5) is 15.1. The average molecular weight is 246 g/mol. The predicted octanol–water partition coefficient (Wildman–Crippen LogP) is 3.26. The van der Waals surface area contributed by atoms with Gasteiger partial charge in [-0.2, -0.15) is 0 Å². The quantitative estimate of drug-likeness (QED) is 0.774. The number of pyridine rings is 1. The van der Waals surface area contributed by atoms with Crippen molar-refractivity contribution in [3.63, 3.8) is 0 Å². The number of hydrogen-bond acceptors (Lipinski definition) is 2. The van der Waals surface area contributed by atoms with Crippen LogP contribution in [0.4, 0.5) is 0 Å². The summed E-state index contributed by atoms with van der Waals surface area (Å²) < 4.78 is 0. The highest BCUT2D eigenvalue weighted by atomic mass is 35.5. The Morgan fingerprint density at radius 1 is 1.18 bits per heavy atom. The van der Waals surface area contributed by atoms with E-state index in [1.165, 1.54) is 0 Å². The van der Waals surface area contributed by atoms with E-state index >= 15 is 0 Å². The molecule has 0 spiro atoms. The second-order valence-electron chi connectivity index (χ2n) is 3.82. The van der Waals surface area contributed by atoms with Crippen molar-refractivity contribution in [3.8, 4) is 0 Å². The summed E-state index contributed by atoms with van der Waals surface area (Å²) in [7, 11) is 0. The molecule has 0 aliphatic carbocycles. The van der Waals surface area contributed by atoms with Gasteiger partial charge in [-0.05, 0) is 35.7 Å². The first kappa shape index (κ1) is 11.8. The van der Waals surface area contributed by atoms with E-state index in [1.54, 1.807) is 18.5 Å². The number of carbonyl (C=O) groups excluding carboxylic acids is 1. The van der Waals surface area contributed by atoms with E-state index in [1.807, 2.05) is 30.3 Å². The van der Waals surface area contributed by atoms with Crippen LogP contribution in [0.15, 0.2) is 48.8 Å². The van der Waals surface area contributed by atoms with Crippen LogP contribution in [0, 0.1) is 0 Å². The van der Waals surface area contributed by atoms with Crippen molar-refractivity contribution < 1.29 is 4.79 Å². The molecule has 1 aromatic heterocycles. The Labute approximate surface area is 105 Å². The average Bonchev–Trinajstić information content (AvgIpc) is 2.38. The molecule has 0 aliphatic heterocycles. The molecule has 1 unspecified atom stereocenters. The first-order valence-electron chi connectivity index (χ1n) is 5.40. The maximum atomic E-state index is 11.2. The van der Waals surface area contributed by atoms with Crippen LogP contribution in [0.25, 0.3) is 0 Å². The van der Waals surface area contributed by atoms with Gasteiger partial charge in [0.25, 0.3) is 0 Å². The Morgan fingerprint density at radius 2 is 1.88 bits per heavy atom. The molecule has 2 aromatic rings. The maximum absolute atomic E-state index is 11.2. The molecule has 2 nitrogen and oxygen atoms in total. The van der Waals surface area contributed by atoms with Crippen molar-refractivity contribution in [2.75, 3.05) is 0 Å². The molecular formula is C14H12ClNO. The zero-order valence-corrected chi connectivity index (χ0v) is 9.97. The van der Waals surface area contributed by atoms with E-state index < -0.39 is 0 Å². The molecule has 3 heteroatoms. The van der Waals surface area contributed by atoms with Gasteiger partial charge < -0.3 is 4.79 Å². The molecule has 1 aromatic carbocycles. The van der Waals surface area contributed by atoms with Crippen molar-refractivity contribution >= 4 is 17.9 Å². The van der Waals surface area contributed by atoms with Crippen LogP contribution < -0.4 is 0 Å². The van der Waals surface area contributed by atoms with Gasteiger partial charge in [0.15, 0.2) is 0 Å². The minimum atomic E-state index is -0.203. The van der Waals surface area contributed by atoms with Crippen molar-refractivity contribution in [1.82, 2.24) is 4.98 Å². The molecule has 0 N–H and O–H groups in total. The van der Waals surface area contributed by atoms with Gasteiger partial charge in [0, 0.05) is 23.3 Å². The number of aldehydes is 1. The minimum absolute atomic E-state index is 0.203. The van der Waals surface area contributed by atoms with Crippen molar-refractivity contribution in [2.45, 2.75) is 12.3 Å². The summed E-state index contributed by atoms with van der Waals surface area (Å²) in [5.41, 5.74) is 1.96. The zero-order chi connectivity index (χ0) is 12.1. The molecule has 0 saturated carbocycles. The topological polar surface area (TPSA) is 30.0 Å². The molecule has 0 aliphatic rings. The minimum Gasteiger partial charge on any atom is -0.303 e. The fourth-order valence-corrected chi connectivity index (χ4v) is 2.06. The Morgan fingerprint density at radius 3 is 2.53 bits per heavy atom. The SMILES string of the molecule is O=CC(Cc1ccncc1)c1ccccc1Cl. The maximum Gasteiger partial charge on any atom is 0.127 e. The molecule has 0 radical (unpaired) electrons. The van der Waals surface area contributed by atoms with Crippen LogP contribution in [-0.2, 0) is 11.2 Å². The lowest BCUT2D eigenvalue weighted by atomic mass is 9.94. The van der Waals surface area contributed by atoms with Crippen molar-refractivity contribution in [3.05, 3.63) is 64.9 Å². The third-order valence-electron chi connectivity index (χ3n) is 2.67. The highest BCUT2D eigenvalue weighted by Crippen LogP contribution is 2.25. The molecule has 0 fully saturated rings. The number of benzene rings is 1. The van der Waals surface area contributed by atoms with Crippen LogP contribution in [0.5, 0.6) is 0 Å². The molecule has 86 valence electrons. The van der Waals surface area contributed by atoms with Crippen LogP contribution in [0.1, 0.15) is 17.0 Å². The van der Waals surface area contributed by atoms with E-state index in [0.29, 0.717) is 11.4 Å². The summed E-state index contributed by atoms with van der Waals surface area (Å²) in [6.45, 7) is 0. The number of rotatable bonds is 4. The number of hydrogen-bond donors (Lipinski definition) is 0. The first-order chi connectivity index (χ1) is 8.31. The van der Waals surface area contributed by atoms with Gasteiger partial charge in [0.1, 0.15) is 6.29 Å². The monoisotopic (exact) mass is 245 g/mol. The van der Waals surface area contributed by atoms with Gasteiger partial charge >= 0.3 is 0 Å². The van der Waals surface area contributed by atoms with E-state index in [0.717, 1.165) is 17.4 Å². The molecule has 17 heavy (non-hydrogen) atoms. The number of nitrogens with zero attached hydrogens (tertiary/aromatic N) is 1. The van der Waals surface area contributed by atoms with Gasteiger partial charge in [-0.25, -0.2) is 0 Å². The molecular weight excluding hydrogens is 234 g/mol. The van der Waals surface area contributed by atoms with Crippen molar-refractivity contribution in [2.24, 2.45) is 0 Å². The van der Waals surface area contributed by atoms with E-state index in [9.17, 15) is 4.79 Å². The Balaban J connectivity index is 2.24. The van der Waals surface area contributed by atoms with Crippen LogP contribution in [-0.4, -0.2) is 11.3 Å². The van der Waals surface area contributed by atoms with E-state index in [4.69, 9.17) is 11.6 Å². The lowest BCUT2D eigenvalue weighted by Gasteiger charge is -2.12. The van der Waals surface area contributed by atoms with Crippen molar-refractivity contribution in [1.29, 1.82) is 0 Å². The summed E-state index contributed by atoms with van der Waals surface area (Å²) >= 11 is 6.09. The van der Waals surface area contributed by atoms with Crippen LogP contribution >= 0.6 is 11.6 Å².